The second-order valence-corrected chi connectivity index (χ2v) is 7.35. The third kappa shape index (κ3) is 7.53. The number of rotatable bonds is 12. The standard InChI is InChI=1S/C22H31BrN2O2/c1-4-24-11-6-12-25-15-19-13-20(23)22(21(14-19)26-5-2)27-16-18-9-7-17(3)8-10-18/h7-10,13-14,24-25H,4-6,11-12,15-16H2,1-3H3. The monoisotopic (exact) mass is 434 g/mol. The lowest BCUT2D eigenvalue weighted by atomic mass is 10.1. The summed E-state index contributed by atoms with van der Waals surface area (Å²) in [6.45, 7) is 11.2. The summed E-state index contributed by atoms with van der Waals surface area (Å²) in [7, 11) is 0. The fraction of sp³-hybridized carbons (Fsp3) is 0.455. The summed E-state index contributed by atoms with van der Waals surface area (Å²) in [6, 6.07) is 12.6. The van der Waals surface area contributed by atoms with Crippen LogP contribution in [0.5, 0.6) is 11.5 Å². The SMILES string of the molecule is CCNCCCNCc1cc(Br)c(OCc2ccc(C)cc2)c(OCC)c1. The predicted octanol–water partition coefficient (Wildman–Crippen LogP) is 4.82. The average molecular weight is 435 g/mol. The number of nitrogens with one attached hydrogen (secondary N) is 2. The summed E-state index contributed by atoms with van der Waals surface area (Å²) in [4.78, 5) is 0. The van der Waals surface area contributed by atoms with Crippen LogP contribution >= 0.6 is 15.9 Å². The van der Waals surface area contributed by atoms with Crippen LogP contribution in [0.15, 0.2) is 40.9 Å². The van der Waals surface area contributed by atoms with E-state index in [1.807, 2.05) is 6.92 Å². The van der Waals surface area contributed by atoms with Gasteiger partial charge in [-0.25, -0.2) is 0 Å². The molecule has 0 aliphatic rings. The molecular formula is C22H31BrN2O2. The van der Waals surface area contributed by atoms with Gasteiger partial charge in [-0.1, -0.05) is 36.8 Å². The quantitative estimate of drug-likeness (QED) is 0.469. The molecular weight excluding hydrogens is 404 g/mol. The van der Waals surface area contributed by atoms with Crippen LogP contribution in [0.2, 0.25) is 0 Å². The first kappa shape index (κ1) is 21.7. The van der Waals surface area contributed by atoms with Gasteiger partial charge in [0.2, 0.25) is 0 Å². The van der Waals surface area contributed by atoms with Gasteiger partial charge in [-0.3, -0.25) is 0 Å². The summed E-state index contributed by atoms with van der Waals surface area (Å²) in [6.07, 6.45) is 1.12. The minimum Gasteiger partial charge on any atom is -0.490 e. The normalized spacial score (nSPS) is 10.8. The van der Waals surface area contributed by atoms with Crippen molar-refractivity contribution in [3.05, 3.63) is 57.6 Å². The Morgan fingerprint density at radius 1 is 0.926 bits per heavy atom. The maximum Gasteiger partial charge on any atom is 0.175 e. The highest BCUT2D eigenvalue weighted by Crippen LogP contribution is 2.37. The van der Waals surface area contributed by atoms with Crippen LogP contribution in [-0.2, 0) is 13.2 Å². The minimum atomic E-state index is 0.515. The highest BCUT2D eigenvalue weighted by atomic mass is 79.9. The molecule has 5 heteroatoms. The fourth-order valence-electron chi connectivity index (χ4n) is 2.71. The fourth-order valence-corrected chi connectivity index (χ4v) is 3.32. The maximum atomic E-state index is 6.07. The summed E-state index contributed by atoms with van der Waals surface area (Å²) in [5.41, 5.74) is 3.56. The van der Waals surface area contributed by atoms with Gasteiger partial charge in [-0.05, 0) is 79.1 Å². The third-order valence-corrected chi connectivity index (χ3v) is 4.75. The first-order valence-corrected chi connectivity index (χ1v) is 10.5. The third-order valence-electron chi connectivity index (χ3n) is 4.16. The van der Waals surface area contributed by atoms with Gasteiger partial charge in [-0.2, -0.15) is 0 Å². The van der Waals surface area contributed by atoms with Crippen LogP contribution in [-0.4, -0.2) is 26.2 Å². The molecule has 0 radical (unpaired) electrons. The lowest BCUT2D eigenvalue weighted by Gasteiger charge is -2.16. The number of hydrogen-bond acceptors (Lipinski definition) is 4. The van der Waals surface area contributed by atoms with E-state index in [0.717, 1.165) is 54.1 Å². The summed E-state index contributed by atoms with van der Waals surface area (Å²) < 4.78 is 12.8. The number of benzene rings is 2. The van der Waals surface area contributed by atoms with Crippen LogP contribution in [0, 0.1) is 6.92 Å². The van der Waals surface area contributed by atoms with Gasteiger partial charge in [-0.15, -0.1) is 0 Å². The van der Waals surface area contributed by atoms with Crippen molar-refractivity contribution >= 4 is 15.9 Å². The Hall–Kier alpha value is -1.56. The second kappa shape index (κ2) is 12.0. The zero-order chi connectivity index (χ0) is 19.5. The van der Waals surface area contributed by atoms with E-state index in [4.69, 9.17) is 9.47 Å². The topological polar surface area (TPSA) is 42.5 Å². The first-order valence-electron chi connectivity index (χ1n) is 9.69. The highest BCUT2D eigenvalue weighted by Gasteiger charge is 2.12. The van der Waals surface area contributed by atoms with E-state index < -0.39 is 0 Å². The largest absolute Gasteiger partial charge is 0.490 e. The zero-order valence-electron chi connectivity index (χ0n) is 16.6. The summed E-state index contributed by atoms with van der Waals surface area (Å²) >= 11 is 3.65. The molecule has 0 aromatic heterocycles. The lowest BCUT2D eigenvalue weighted by Crippen LogP contribution is -2.21. The van der Waals surface area contributed by atoms with Gasteiger partial charge in [0.05, 0.1) is 11.1 Å². The van der Waals surface area contributed by atoms with Crippen molar-refractivity contribution < 1.29 is 9.47 Å². The van der Waals surface area contributed by atoms with E-state index in [-0.39, 0.29) is 0 Å². The molecule has 0 unspecified atom stereocenters. The van der Waals surface area contributed by atoms with E-state index in [9.17, 15) is 0 Å². The van der Waals surface area contributed by atoms with Gasteiger partial charge >= 0.3 is 0 Å². The van der Waals surface area contributed by atoms with E-state index in [0.29, 0.717) is 13.2 Å². The Kier molecular flexibility index (Phi) is 9.67. The van der Waals surface area contributed by atoms with Gasteiger partial charge < -0.3 is 20.1 Å². The molecule has 2 rings (SSSR count). The van der Waals surface area contributed by atoms with Crippen LogP contribution in [0.3, 0.4) is 0 Å². The molecule has 0 spiro atoms. The predicted molar refractivity (Wildman–Crippen MR) is 116 cm³/mol. The van der Waals surface area contributed by atoms with Gasteiger partial charge in [0.15, 0.2) is 11.5 Å². The summed E-state index contributed by atoms with van der Waals surface area (Å²) in [5, 5.41) is 6.82. The van der Waals surface area contributed by atoms with Crippen molar-refractivity contribution in [2.75, 3.05) is 26.2 Å². The molecule has 0 aliphatic carbocycles. The average Bonchev–Trinajstić information content (AvgIpc) is 2.65. The maximum absolute atomic E-state index is 6.07. The van der Waals surface area contributed by atoms with Crippen LogP contribution in [0.25, 0.3) is 0 Å². The molecule has 27 heavy (non-hydrogen) atoms. The smallest absolute Gasteiger partial charge is 0.175 e. The van der Waals surface area contributed by atoms with Crippen molar-refractivity contribution in [2.45, 2.75) is 40.3 Å². The molecule has 4 nitrogen and oxygen atoms in total. The molecule has 2 N–H and O–H groups in total. The molecule has 148 valence electrons. The Bertz CT molecular complexity index is 689. The van der Waals surface area contributed by atoms with Crippen LogP contribution in [0.1, 0.15) is 37.0 Å². The second-order valence-electron chi connectivity index (χ2n) is 6.50. The minimum absolute atomic E-state index is 0.515. The molecule has 0 heterocycles. The first-order chi connectivity index (χ1) is 13.1. The zero-order valence-corrected chi connectivity index (χ0v) is 18.2. The Morgan fingerprint density at radius 2 is 1.67 bits per heavy atom. The van der Waals surface area contributed by atoms with Crippen molar-refractivity contribution in [2.24, 2.45) is 0 Å². The summed E-state index contributed by atoms with van der Waals surface area (Å²) in [5.74, 6) is 1.54. The van der Waals surface area contributed by atoms with Gasteiger partial charge in [0.1, 0.15) is 6.61 Å². The Balaban J connectivity index is 1.98. The molecule has 0 saturated carbocycles. The van der Waals surface area contributed by atoms with Gasteiger partial charge in [0.25, 0.3) is 0 Å². The number of aryl methyl sites for hydroxylation is 1. The van der Waals surface area contributed by atoms with Crippen LogP contribution < -0.4 is 20.1 Å². The van der Waals surface area contributed by atoms with E-state index in [1.165, 1.54) is 11.1 Å². The molecule has 0 fully saturated rings. The molecule has 0 amide bonds. The molecule has 0 bridgehead atoms. The Morgan fingerprint density at radius 3 is 2.37 bits per heavy atom. The lowest BCUT2D eigenvalue weighted by molar-refractivity contribution is 0.267. The van der Waals surface area contributed by atoms with Crippen molar-refractivity contribution in [1.29, 1.82) is 0 Å². The van der Waals surface area contributed by atoms with Crippen molar-refractivity contribution in [3.63, 3.8) is 0 Å². The van der Waals surface area contributed by atoms with Gasteiger partial charge in [0, 0.05) is 6.54 Å². The molecule has 0 atom stereocenters. The van der Waals surface area contributed by atoms with E-state index in [2.05, 4.69) is 76.8 Å². The molecule has 2 aromatic carbocycles. The van der Waals surface area contributed by atoms with Crippen molar-refractivity contribution in [1.82, 2.24) is 10.6 Å². The number of hydrogen-bond donors (Lipinski definition) is 2. The van der Waals surface area contributed by atoms with Crippen LogP contribution in [0.4, 0.5) is 0 Å². The molecule has 0 saturated heterocycles. The Labute approximate surface area is 171 Å². The molecule has 2 aromatic rings. The van der Waals surface area contributed by atoms with E-state index >= 15 is 0 Å². The van der Waals surface area contributed by atoms with E-state index in [1.54, 1.807) is 0 Å². The molecule has 0 aliphatic heterocycles. The highest BCUT2D eigenvalue weighted by molar-refractivity contribution is 9.10. The number of halogens is 1. The number of ether oxygens (including phenoxy) is 2. The van der Waals surface area contributed by atoms with Crippen molar-refractivity contribution in [3.8, 4) is 11.5 Å².